The monoisotopic (exact) mass is 851 g/mol. The van der Waals surface area contributed by atoms with E-state index < -0.39 is 79.9 Å². The molecule has 0 unspecified atom stereocenters. The molecular formula is C40H61N5O15. The van der Waals surface area contributed by atoms with E-state index in [0.717, 1.165) is 30.2 Å². The van der Waals surface area contributed by atoms with Crippen LogP contribution in [0.15, 0.2) is 48.5 Å². The summed E-state index contributed by atoms with van der Waals surface area (Å²) < 4.78 is 0. The maximum atomic E-state index is 13.3. The van der Waals surface area contributed by atoms with E-state index >= 15 is 0 Å². The molecule has 3 aromatic rings. The zero-order chi connectivity index (χ0) is 44.9. The smallest absolute Gasteiger partial charge is 0.335 e. The molecule has 1 aliphatic rings. The Labute approximate surface area is 347 Å². The van der Waals surface area contributed by atoms with E-state index in [1.165, 1.54) is 37.8 Å². The van der Waals surface area contributed by atoms with Crippen molar-refractivity contribution in [3.63, 3.8) is 0 Å². The number of H-pyrrole nitrogens is 1. The number of likely N-dealkylation sites (N-methyl/N-ethyl adjacent to an activating group) is 2. The normalized spacial score (nSPS) is 17.1. The Morgan fingerprint density at radius 2 is 1.13 bits per heavy atom. The van der Waals surface area contributed by atoms with E-state index in [0.29, 0.717) is 18.2 Å². The molecule has 1 aliphatic carbocycles. The molecule has 4 rings (SSSR count). The van der Waals surface area contributed by atoms with Crippen molar-refractivity contribution in [1.82, 2.24) is 20.6 Å². The van der Waals surface area contributed by atoms with Crippen molar-refractivity contribution >= 4 is 23.5 Å². The lowest BCUT2D eigenvalue weighted by Crippen LogP contribution is -2.48. The second kappa shape index (κ2) is 26.7. The quantitative estimate of drug-likeness (QED) is 0.0612. The van der Waals surface area contributed by atoms with Crippen LogP contribution in [0.25, 0.3) is 11.4 Å². The van der Waals surface area contributed by atoms with Gasteiger partial charge in [0.15, 0.2) is 0 Å². The largest absolute Gasteiger partial charge is 0.478 e. The third-order valence-corrected chi connectivity index (χ3v) is 9.67. The minimum Gasteiger partial charge on any atom is -0.478 e. The number of nitrogens with zero attached hydrogens (tertiary/aromatic N) is 1. The highest BCUT2D eigenvalue weighted by Crippen LogP contribution is 2.28. The van der Waals surface area contributed by atoms with Crippen molar-refractivity contribution in [1.29, 1.82) is 0 Å². The van der Waals surface area contributed by atoms with Crippen LogP contribution in [0.4, 0.5) is 5.69 Å². The van der Waals surface area contributed by atoms with E-state index in [1.54, 1.807) is 14.1 Å². The summed E-state index contributed by atoms with van der Waals surface area (Å²) in [5, 5.41) is 116. The molecule has 20 heteroatoms. The fourth-order valence-electron chi connectivity index (χ4n) is 6.26. The number of carbonyl (C=O) groups is 3. The van der Waals surface area contributed by atoms with Gasteiger partial charge in [-0.25, -0.2) is 14.6 Å². The first kappa shape index (κ1) is 51.7. The van der Waals surface area contributed by atoms with Crippen molar-refractivity contribution in [2.24, 2.45) is 5.92 Å². The van der Waals surface area contributed by atoms with Crippen LogP contribution in [-0.2, 0) is 6.42 Å². The molecule has 2 aromatic carbocycles. The number of aliphatic hydroxyl groups excluding tert-OH is 10. The van der Waals surface area contributed by atoms with Crippen LogP contribution in [0.1, 0.15) is 75.4 Å². The Balaban J connectivity index is 0.000000393. The molecule has 0 bridgehead atoms. The Morgan fingerprint density at radius 1 is 0.683 bits per heavy atom. The zero-order valence-corrected chi connectivity index (χ0v) is 33.6. The summed E-state index contributed by atoms with van der Waals surface area (Å²) in [4.78, 5) is 44.0. The van der Waals surface area contributed by atoms with Gasteiger partial charge in [-0.3, -0.25) is 4.79 Å². The van der Waals surface area contributed by atoms with Crippen LogP contribution in [0, 0.1) is 5.92 Å². The van der Waals surface area contributed by atoms with Gasteiger partial charge in [-0.15, -0.1) is 0 Å². The van der Waals surface area contributed by atoms with Crippen molar-refractivity contribution in [2.75, 3.05) is 45.7 Å². The Kier molecular flexibility index (Phi) is 23.0. The third-order valence-electron chi connectivity index (χ3n) is 9.67. The fourth-order valence-corrected chi connectivity index (χ4v) is 6.26. The molecule has 0 radical (unpaired) electrons. The molecule has 0 aliphatic heterocycles. The molecule has 336 valence electrons. The summed E-state index contributed by atoms with van der Waals surface area (Å²) >= 11 is 0. The molecule has 0 spiro atoms. The number of nitrogens with one attached hydrogen (secondary N) is 4. The van der Waals surface area contributed by atoms with Gasteiger partial charge in [0, 0.05) is 30.0 Å². The number of hydrogen-bond acceptors (Lipinski definition) is 16. The molecule has 1 aromatic heterocycles. The summed E-state index contributed by atoms with van der Waals surface area (Å²) in [7, 11) is 3.15. The van der Waals surface area contributed by atoms with Crippen LogP contribution < -0.4 is 16.0 Å². The summed E-state index contributed by atoms with van der Waals surface area (Å²) in [6.45, 7) is -1.14. The number of rotatable bonds is 19. The van der Waals surface area contributed by atoms with Crippen LogP contribution >= 0.6 is 0 Å². The highest BCUT2D eigenvalue weighted by atomic mass is 16.4. The third kappa shape index (κ3) is 16.6. The maximum absolute atomic E-state index is 13.3. The van der Waals surface area contributed by atoms with Gasteiger partial charge < -0.3 is 82.2 Å². The van der Waals surface area contributed by atoms with Crippen molar-refractivity contribution in [3.05, 3.63) is 71.0 Å². The van der Waals surface area contributed by atoms with Gasteiger partial charge in [-0.05, 0) is 44.6 Å². The lowest BCUT2D eigenvalue weighted by atomic mass is 9.94. The number of aromatic amines is 1. The summed E-state index contributed by atoms with van der Waals surface area (Å²) in [6.07, 6.45) is -3.60. The predicted octanol–water partition coefficient (Wildman–Crippen LogP) is -1.48. The number of aromatic nitrogens is 2. The first-order valence-electron chi connectivity index (χ1n) is 19.5. The number of amides is 1. The number of carboxylic acids is 2. The molecule has 1 heterocycles. The van der Waals surface area contributed by atoms with Gasteiger partial charge in [0.1, 0.15) is 48.1 Å². The first-order chi connectivity index (χ1) is 28.5. The molecular weight excluding hydrogens is 790 g/mol. The lowest BCUT2D eigenvalue weighted by molar-refractivity contribution is -0.113. The molecule has 60 heavy (non-hydrogen) atoms. The molecule has 16 N–H and O–H groups in total. The van der Waals surface area contributed by atoms with Crippen LogP contribution in [0.5, 0.6) is 0 Å². The van der Waals surface area contributed by atoms with Gasteiger partial charge in [-0.2, -0.15) is 0 Å². The van der Waals surface area contributed by atoms with E-state index in [9.17, 15) is 34.8 Å². The van der Waals surface area contributed by atoms with Gasteiger partial charge in [0.05, 0.1) is 36.5 Å². The highest BCUT2D eigenvalue weighted by Gasteiger charge is 2.30. The standard InChI is InChI=1S/C26H27N3O5.2C7H17NO5/c30-24(27-20-14-18(25(31)32)13-19(15-20)26(33)34)22-21(12-16-8-4-1-2-5-9-16)28-23(29-22)17-10-6-3-7-11-17;2*1-8-2-4(10)6(12)7(13)5(11)3-9/h3,6-7,10-11,13-16H,1-2,4-5,8-9,12H2,(H,27,30)(H,28,29)(H,31,32)(H,33,34);2*4-13H,2-3H2,1H3/t;2*4-,5+,6+,7+/m.00/s1. The van der Waals surface area contributed by atoms with E-state index in [-0.39, 0.29) is 35.6 Å². The number of imidazole rings is 1. The SMILES string of the molecule is CNC[C@H](O)[C@@H](O)[C@H](O)[C@H](O)CO.CNC[C@H](O)[C@@H](O)[C@H](O)[C@H](O)CO.O=C(O)c1cc(NC(=O)c2nc(-c3ccccc3)[nH]c2CC2CCCCCC2)cc(C(=O)O)c1. The number of anilines is 1. The van der Waals surface area contributed by atoms with Crippen molar-refractivity contribution in [3.8, 4) is 11.4 Å². The average molecular weight is 852 g/mol. The predicted molar refractivity (Wildman–Crippen MR) is 217 cm³/mol. The number of benzene rings is 2. The minimum atomic E-state index is -1.55. The van der Waals surface area contributed by atoms with Crippen LogP contribution in [-0.4, -0.2) is 178 Å². The second-order valence-corrected chi connectivity index (χ2v) is 14.4. The number of aromatic carboxylic acids is 2. The molecule has 0 saturated heterocycles. The number of hydrogen-bond donors (Lipinski definition) is 16. The Morgan fingerprint density at radius 3 is 1.55 bits per heavy atom. The molecule has 1 saturated carbocycles. The molecule has 8 atom stereocenters. The topological polar surface area (TPSA) is 359 Å². The molecule has 20 nitrogen and oxygen atoms in total. The zero-order valence-electron chi connectivity index (χ0n) is 33.6. The first-order valence-corrected chi connectivity index (χ1v) is 19.5. The minimum absolute atomic E-state index is 0.0898. The van der Waals surface area contributed by atoms with Gasteiger partial charge in [-0.1, -0.05) is 68.9 Å². The second-order valence-electron chi connectivity index (χ2n) is 14.4. The van der Waals surface area contributed by atoms with Gasteiger partial charge in [0.25, 0.3) is 5.91 Å². The highest BCUT2D eigenvalue weighted by molar-refractivity contribution is 6.05. The fraction of sp³-hybridized carbons (Fsp3) is 0.550. The average Bonchev–Trinajstić information content (AvgIpc) is 3.50. The summed E-state index contributed by atoms with van der Waals surface area (Å²) in [5.74, 6) is -2.04. The van der Waals surface area contributed by atoms with Gasteiger partial charge >= 0.3 is 11.9 Å². The van der Waals surface area contributed by atoms with Crippen molar-refractivity contribution in [2.45, 2.75) is 93.8 Å². The number of carboxylic acid groups (broad SMARTS) is 2. The van der Waals surface area contributed by atoms with E-state index in [1.807, 2.05) is 30.3 Å². The van der Waals surface area contributed by atoms with Crippen LogP contribution in [0.2, 0.25) is 0 Å². The maximum Gasteiger partial charge on any atom is 0.335 e. The summed E-state index contributed by atoms with van der Waals surface area (Å²) in [6, 6.07) is 13.0. The molecule has 1 fully saturated rings. The Hall–Kier alpha value is -4.42. The molecule has 1 amide bonds. The van der Waals surface area contributed by atoms with Crippen LogP contribution in [0.3, 0.4) is 0 Å². The summed E-state index contributed by atoms with van der Waals surface area (Å²) in [5.41, 5.74) is 1.47. The number of carbonyl (C=O) groups excluding carboxylic acids is 1. The lowest BCUT2D eigenvalue weighted by Gasteiger charge is -2.25. The number of aliphatic hydroxyl groups is 10. The van der Waals surface area contributed by atoms with Gasteiger partial charge in [0.2, 0.25) is 0 Å². The van der Waals surface area contributed by atoms with E-state index in [4.69, 9.17) is 40.9 Å². The Bertz CT molecular complexity index is 1660. The van der Waals surface area contributed by atoms with Crippen molar-refractivity contribution < 1.29 is 75.7 Å². The van der Waals surface area contributed by atoms with E-state index in [2.05, 4.69) is 25.9 Å².